The molecule has 148 valence electrons. The normalized spacial score (nSPS) is 11.5. The lowest BCUT2D eigenvalue weighted by molar-refractivity contribution is 0.178. The fourth-order valence-corrected chi connectivity index (χ4v) is 3.24. The first-order valence-corrected chi connectivity index (χ1v) is 10.3. The van der Waals surface area contributed by atoms with Crippen LogP contribution in [0.1, 0.15) is 45.3 Å². The van der Waals surface area contributed by atoms with E-state index in [1.807, 2.05) is 43.2 Å². The third-order valence-electron chi connectivity index (χ3n) is 3.48. The van der Waals surface area contributed by atoms with Gasteiger partial charge in [-0.25, -0.2) is 9.78 Å². The second-order valence-electron chi connectivity index (χ2n) is 7.93. The lowest BCUT2D eigenvalue weighted by Crippen LogP contribution is -2.49. The highest BCUT2D eigenvalue weighted by Crippen LogP contribution is 2.19. The molecular formula is C20H28ClN3O2S. The Labute approximate surface area is 170 Å². The summed E-state index contributed by atoms with van der Waals surface area (Å²) < 4.78 is 5.74. The summed E-state index contributed by atoms with van der Waals surface area (Å²) in [7, 11) is 0. The van der Waals surface area contributed by atoms with E-state index in [-0.39, 0.29) is 11.6 Å². The van der Waals surface area contributed by atoms with Crippen LogP contribution in [0.2, 0.25) is 5.02 Å². The molecule has 2 rings (SSSR count). The van der Waals surface area contributed by atoms with Gasteiger partial charge in [0.1, 0.15) is 17.4 Å². The van der Waals surface area contributed by atoms with E-state index < -0.39 is 0 Å². The molecule has 0 aliphatic rings. The van der Waals surface area contributed by atoms with E-state index >= 15 is 0 Å². The Balaban J connectivity index is 1.97. The van der Waals surface area contributed by atoms with Gasteiger partial charge in [-0.3, -0.25) is 0 Å². The summed E-state index contributed by atoms with van der Waals surface area (Å²) in [5.41, 5.74) is 0.603. The second kappa shape index (κ2) is 9.42. The molecule has 0 bridgehead atoms. The van der Waals surface area contributed by atoms with Crippen LogP contribution in [0, 0.1) is 5.92 Å². The number of ether oxygens (including phenoxy) is 1. The Morgan fingerprint density at radius 3 is 2.56 bits per heavy atom. The molecule has 0 unspecified atom stereocenters. The van der Waals surface area contributed by atoms with Crippen molar-refractivity contribution in [1.82, 2.24) is 15.2 Å². The lowest BCUT2D eigenvalue weighted by atomic mass is 10.1. The molecule has 0 saturated carbocycles. The zero-order chi connectivity index (χ0) is 20.0. The highest BCUT2D eigenvalue weighted by atomic mass is 35.5. The standard InChI is InChI=1S/C20H28ClN3O2S/c1-14(2)10-24(19(25)23-20(3,4)5)11-16-13-27-18(22-16)12-26-17-8-6-15(21)7-9-17/h6-9,13-14H,10-12H2,1-5H3,(H,23,25). The van der Waals surface area contributed by atoms with Crippen molar-refractivity contribution in [2.75, 3.05) is 6.54 Å². The Morgan fingerprint density at radius 1 is 1.30 bits per heavy atom. The molecule has 0 fully saturated rings. The number of nitrogens with zero attached hydrogens (tertiary/aromatic N) is 2. The first-order chi connectivity index (χ1) is 12.6. The fraction of sp³-hybridized carbons (Fsp3) is 0.500. The molecule has 0 aliphatic carbocycles. The zero-order valence-corrected chi connectivity index (χ0v) is 18.2. The molecule has 5 nitrogen and oxygen atoms in total. The quantitative estimate of drug-likeness (QED) is 0.671. The molecule has 7 heteroatoms. The average molecular weight is 410 g/mol. The summed E-state index contributed by atoms with van der Waals surface area (Å²) >= 11 is 7.42. The molecule has 1 N–H and O–H groups in total. The Hall–Kier alpha value is -1.79. The van der Waals surface area contributed by atoms with Gasteiger partial charge in [0.15, 0.2) is 0 Å². The van der Waals surface area contributed by atoms with Crippen molar-refractivity contribution in [1.29, 1.82) is 0 Å². The minimum atomic E-state index is -0.272. The molecule has 2 aromatic rings. The third-order valence-corrected chi connectivity index (χ3v) is 4.61. The van der Waals surface area contributed by atoms with E-state index in [2.05, 4.69) is 24.1 Å². The van der Waals surface area contributed by atoms with Gasteiger partial charge in [-0.15, -0.1) is 11.3 Å². The molecule has 0 saturated heterocycles. The van der Waals surface area contributed by atoms with Gasteiger partial charge in [0, 0.05) is 22.5 Å². The van der Waals surface area contributed by atoms with Crippen molar-refractivity contribution in [2.24, 2.45) is 5.92 Å². The largest absolute Gasteiger partial charge is 0.486 e. The molecule has 0 aliphatic heterocycles. The summed E-state index contributed by atoms with van der Waals surface area (Å²) in [5.74, 6) is 1.13. The van der Waals surface area contributed by atoms with E-state index in [4.69, 9.17) is 16.3 Å². The van der Waals surface area contributed by atoms with Gasteiger partial charge in [0.2, 0.25) is 0 Å². The number of halogens is 1. The number of rotatable bonds is 7. The SMILES string of the molecule is CC(C)CN(Cc1csc(COc2ccc(Cl)cc2)n1)C(=O)NC(C)(C)C. The van der Waals surface area contributed by atoms with Crippen LogP contribution in [0.5, 0.6) is 5.75 Å². The van der Waals surface area contributed by atoms with Crippen molar-refractivity contribution < 1.29 is 9.53 Å². The van der Waals surface area contributed by atoms with E-state index in [0.717, 1.165) is 16.5 Å². The number of thiazole rings is 1. The van der Waals surface area contributed by atoms with Gasteiger partial charge >= 0.3 is 6.03 Å². The molecule has 0 radical (unpaired) electrons. The van der Waals surface area contributed by atoms with Crippen molar-refractivity contribution in [2.45, 2.75) is 53.3 Å². The topological polar surface area (TPSA) is 54.5 Å². The smallest absolute Gasteiger partial charge is 0.318 e. The average Bonchev–Trinajstić information content (AvgIpc) is 2.99. The van der Waals surface area contributed by atoms with Gasteiger partial charge in [-0.05, 0) is 51.0 Å². The summed E-state index contributed by atoms with van der Waals surface area (Å²) in [6.45, 7) is 11.7. The van der Waals surface area contributed by atoms with Crippen LogP contribution in [0.4, 0.5) is 4.79 Å². The highest BCUT2D eigenvalue weighted by Gasteiger charge is 2.21. The summed E-state index contributed by atoms with van der Waals surface area (Å²) in [6.07, 6.45) is 0. The molecular weight excluding hydrogens is 382 g/mol. The first-order valence-electron chi connectivity index (χ1n) is 9.01. The number of nitrogens with one attached hydrogen (secondary N) is 1. The van der Waals surface area contributed by atoms with Crippen molar-refractivity contribution in [3.05, 3.63) is 45.4 Å². The van der Waals surface area contributed by atoms with E-state index in [9.17, 15) is 4.79 Å². The number of aromatic nitrogens is 1. The zero-order valence-electron chi connectivity index (χ0n) is 16.6. The monoisotopic (exact) mass is 409 g/mol. The maximum Gasteiger partial charge on any atom is 0.318 e. The molecule has 27 heavy (non-hydrogen) atoms. The van der Waals surface area contributed by atoms with Crippen LogP contribution in [-0.4, -0.2) is 28.0 Å². The lowest BCUT2D eigenvalue weighted by Gasteiger charge is -2.29. The molecule has 2 amide bonds. The van der Waals surface area contributed by atoms with Gasteiger partial charge in [0.25, 0.3) is 0 Å². The molecule has 0 atom stereocenters. The van der Waals surface area contributed by atoms with Gasteiger partial charge in [0.05, 0.1) is 12.2 Å². The van der Waals surface area contributed by atoms with Crippen LogP contribution >= 0.6 is 22.9 Å². The Bertz CT molecular complexity index is 738. The predicted molar refractivity (Wildman–Crippen MR) is 111 cm³/mol. The van der Waals surface area contributed by atoms with Crippen LogP contribution in [0.3, 0.4) is 0 Å². The van der Waals surface area contributed by atoms with E-state index in [1.54, 1.807) is 12.1 Å². The highest BCUT2D eigenvalue weighted by molar-refractivity contribution is 7.09. The molecule has 1 aromatic heterocycles. The molecule has 1 heterocycles. The van der Waals surface area contributed by atoms with Crippen LogP contribution < -0.4 is 10.1 Å². The van der Waals surface area contributed by atoms with Crippen molar-refractivity contribution in [3.63, 3.8) is 0 Å². The van der Waals surface area contributed by atoms with Gasteiger partial charge in [-0.1, -0.05) is 25.4 Å². The third kappa shape index (κ3) is 7.77. The minimum Gasteiger partial charge on any atom is -0.486 e. The summed E-state index contributed by atoms with van der Waals surface area (Å²) in [5, 5.41) is 6.57. The van der Waals surface area contributed by atoms with Crippen molar-refractivity contribution in [3.8, 4) is 5.75 Å². The van der Waals surface area contributed by atoms with Crippen LogP contribution in [0.25, 0.3) is 0 Å². The number of carbonyl (C=O) groups is 1. The maximum atomic E-state index is 12.6. The first kappa shape index (κ1) is 21.5. The van der Waals surface area contributed by atoms with Gasteiger partial charge in [-0.2, -0.15) is 0 Å². The number of hydrogen-bond donors (Lipinski definition) is 1. The van der Waals surface area contributed by atoms with Gasteiger partial charge < -0.3 is 15.0 Å². The van der Waals surface area contributed by atoms with E-state index in [0.29, 0.717) is 30.6 Å². The number of urea groups is 1. The Kier molecular flexibility index (Phi) is 7.50. The minimum absolute atomic E-state index is 0.0665. The van der Waals surface area contributed by atoms with Crippen LogP contribution in [-0.2, 0) is 13.2 Å². The summed E-state index contributed by atoms with van der Waals surface area (Å²) in [4.78, 5) is 19.0. The number of amides is 2. The number of hydrogen-bond acceptors (Lipinski definition) is 4. The van der Waals surface area contributed by atoms with E-state index in [1.165, 1.54) is 11.3 Å². The molecule has 1 aromatic carbocycles. The predicted octanol–water partition coefficient (Wildman–Crippen LogP) is 5.34. The van der Waals surface area contributed by atoms with Crippen molar-refractivity contribution >= 4 is 29.0 Å². The maximum absolute atomic E-state index is 12.6. The second-order valence-corrected chi connectivity index (χ2v) is 9.31. The summed E-state index contributed by atoms with van der Waals surface area (Å²) in [6, 6.07) is 7.18. The molecule has 0 spiro atoms. The number of benzene rings is 1. The Morgan fingerprint density at radius 2 is 1.96 bits per heavy atom. The number of carbonyl (C=O) groups excluding carboxylic acids is 1. The fourth-order valence-electron chi connectivity index (χ4n) is 2.42. The van der Waals surface area contributed by atoms with Crippen LogP contribution in [0.15, 0.2) is 29.6 Å².